The van der Waals surface area contributed by atoms with E-state index in [9.17, 15) is 19.5 Å². The molecule has 0 saturated carbocycles. The summed E-state index contributed by atoms with van der Waals surface area (Å²) >= 11 is 4.36. The van der Waals surface area contributed by atoms with Crippen molar-refractivity contribution in [3.63, 3.8) is 0 Å². The Labute approximate surface area is 238 Å². The van der Waals surface area contributed by atoms with Gasteiger partial charge >= 0.3 is 11.9 Å². The van der Waals surface area contributed by atoms with Crippen molar-refractivity contribution in [2.45, 2.75) is 32.7 Å². The van der Waals surface area contributed by atoms with Gasteiger partial charge in [-0.15, -0.1) is 0 Å². The number of esters is 1. The van der Waals surface area contributed by atoms with Crippen LogP contribution < -0.4 is 9.64 Å². The number of rotatable bonds is 10. The summed E-state index contributed by atoms with van der Waals surface area (Å²) in [6, 6.07) is 12.9. The van der Waals surface area contributed by atoms with Gasteiger partial charge in [0.25, 0.3) is 5.78 Å². The number of amides is 1. The molecule has 1 saturated heterocycles. The molecule has 1 aliphatic rings. The molecular weight excluding hydrogens is 584 g/mol. The van der Waals surface area contributed by atoms with Crippen LogP contribution in [0.4, 0.5) is 5.13 Å². The van der Waals surface area contributed by atoms with Crippen molar-refractivity contribution < 1.29 is 29.0 Å². The second-order valence-corrected chi connectivity index (χ2v) is 10.6. The number of hydrogen-bond donors (Lipinski definition) is 1. The molecule has 0 bridgehead atoms. The zero-order chi connectivity index (χ0) is 28.1. The summed E-state index contributed by atoms with van der Waals surface area (Å²) in [5, 5.41) is 11.6. The number of aliphatic hydroxyl groups is 1. The van der Waals surface area contributed by atoms with E-state index in [0.29, 0.717) is 29.2 Å². The van der Waals surface area contributed by atoms with E-state index in [4.69, 9.17) is 9.47 Å². The largest absolute Gasteiger partial charge is 0.507 e. The van der Waals surface area contributed by atoms with Gasteiger partial charge in [-0.1, -0.05) is 77.5 Å². The lowest BCUT2D eigenvalue weighted by molar-refractivity contribution is -0.132. The molecule has 1 unspecified atom stereocenters. The summed E-state index contributed by atoms with van der Waals surface area (Å²) < 4.78 is 11.7. The SMILES string of the molecule is C=CCOC(=O)c1sc(N2C(=O)C(=O)C(=C(O)c3cccc(OCCCC)c3)C2c2ccc(Br)cc2)nc1C. The maximum Gasteiger partial charge on any atom is 0.350 e. The molecule has 4 rings (SSSR count). The predicted octanol–water partition coefficient (Wildman–Crippen LogP) is 6.36. The van der Waals surface area contributed by atoms with Crippen LogP contribution in [-0.4, -0.2) is 41.0 Å². The van der Waals surface area contributed by atoms with Gasteiger partial charge in [-0.2, -0.15) is 0 Å². The molecule has 2 heterocycles. The zero-order valence-corrected chi connectivity index (χ0v) is 23.9. The Bertz CT molecular complexity index is 1450. The average molecular weight is 612 g/mol. The molecule has 0 radical (unpaired) electrons. The number of halogens is 1. The van der Waals surface area contributed by atoms with Crippen LogP contribution in [-0.2, 0) is 14.3 Å². The monoisotopic (exact) mass is 610 g/mol. The van der Waals surface area contributed by atoms with E-state index in [1.54, 1.807) is 55.5 Å². The fourth-order valence-corrected chi connectivity index (χ4v) is 5.34. The first kappa shape index (κ1) is 28.3. The van der Waals surface area contributed by atoms with E-state index in [2.05, 4.69) is 34.4 Å². The standard InChI is InChI=1S/C29H27BrN2O6S/c1-4-6-15-37-21-9-7-8-19(16-21)24(33)22-23(18-10-12-20(30)13-11-18)32(27(35)25(22)34)29-31-17(3)26(39-29)28(36)38-14-5-2/h5,7-13,16,23,33H,2,4,6,14-15H2,1,3H3. The highest BCUT2D eigenvalue weighted by Crippen LogP contribution is 2.44. The first-order valence-electron chi connectivity index (χ1n) is 12.3. The average Bonchev–Trinajstić information content (AvgIpc) is 3.44. The minimum atomic E-state index is -0.981. The molecule has 1 aromatic heterocycles. The fourth-order valence-electron chi connectivity index (χ4n) is 4.09. The summed E-state index contributed by atoms with van der Waals surface area (Å²) in [6.07, 6.45) is 3.30. The Hall–Kier alpha value is -3.76. The van der Waals surface area contributed by atoms with Crippen molar-refractivity contribution in [2.24, 2.45) is 0 Å². The van der Waals surface area contributed by atoms with E-state index in [1.165, 1.54) is 11.0 Å². The third kappa shape index (κ3) is 5.97. The second-order valence-electron chi connectivity index (χ2n) is 8.75. The van der Waals surface area contributed by atoms with E-state index >= 15 is 0 Å². The van der Waals surface area contributed by atoms with Gasteiger partial charge in [0.2, 0.25) is 0 Å². The van der Waals surface area contributed by atoms with Gasteiger partial charge in [-0.05, 0) is 43.2 Å². The Balaban J connectivity index is 1.82. The van der Waals surface area contributed by atoms with Crippen molar-refractivity contribution in [3.8, 4) is 5.75 Å². The normalized spacial score (nSPS) is 16.4. The Morgan fingerprint density at radius 1 is 1.23 bits per heavy atom. The lowest BCUT2D eigenvalue weighted by atomic mass is 9.95. The van der Waals surface area contributed by atoms with Crippen LogP contribution in [0.1, 0.15) is 52.3 Å². The zero-order valence-electron chi connectivity index (χ0n) is 21.5. The fraction of sp³-hybridized carbons (Fsp3) is 0.241. The maximum absolute atomic E-state index is 13.4. The van der Waals surface area contributed by atoms with E-state index in [1.807, 2.05) is 0 Å². The summed E-state index contributed by atoms with van der Waals surface area (Å²) in [6.45, 7) is 7.77. The van der Waals surface area contributed by atoms with Crippen molar-refractivity contribution in [1.82, 2.24) is 4.98 Å². The Morgan fingerprint density at radius 2 is 1.97 bits per heavy atom. The molecule has 8 nitrogen and oxygen atoms in total. The molecule has 1 amide bonds. The number of carbonyl (C=O) groups is 3. The molecule has 0 spiro atoms. The van der Waals surface area contributed by atoms with Gasteiger partial charge < -0.3 is 14.6 Å². The predicted molar refractivity (Wildman–Crippen MR) is 153 cm³/mol. The minimum absolute atomic E-state index is 0.0239. The van der Waals surface area contributed by atoms with Gasteiger partial charge in [-0.25, -0.2) is 9.78 Å². The molecule has 3 aromatic rings. The van der Waals surface area contributed by atoms with Gasteiger partial charge in [0.1, 0.15) is 23.0 Å². The number of aromatic nitrogens is 1. The molecule has 1 N–H and O–H groups in total. The second kappa shape index (κ2) is 12.4. The van der Waals surface area contributed by atoms with Crippen molar-refractivity contribution in [1.29, 1.82) is 0 Å². The molecular formula is C29H27BrN2O6S. The third-order valence-electron chi connectivity index (χ3n) is 6.01. The van der Waals surface area contributed by atoms with Crippen LogP contribution in [0.15, 0.2) is 71.2 Å². The quantitative estimate of drug-likeness (QED) is 0.0710. The number of unbranched alkanes of at least 4 members (excludes halogenated alkanes) is 1. The number of aryl methyl sites for hydroxylation is 1. The van der Waals surface area contributed by atoms with E-state index in [0.717, 1.165) is 28.7 Å². The van der Waals surface area contributed by atoms with E-state index in [-0.39, 0.29) is 27.9 Å². The van der Waals surface area contributed by atoms with Crippen LogP contribution in [0.3, 0.4) is 0 Å². The van der Waals surface area contributed by atoms with Crippen molar-refractivity contribution in [3.05, 3.63) is 92.9 Å². The highest BCUT2D eigenvalue weighted by atomic mass is 79.9. The number of carbonyl (C=O) groups excluding carboxylic acids is 3. The van der Waals surface area contributed by atoms with Crippen molar-refractivity contribution in [2.75, 3.05) is 18.1 Å². The maximum atomic E-state index is 13.4. The number of aliphatic hydroxyl groups excluding tert-OH is 1. The van der Waals surface area contributed by atoms with Gasteiger partial charge in [0, 0.05) is 10.0 Å². The van der Waals surface area contributed by atoms with Crippen LogP contribution >= 0.6 is 27.3 Å². The number of thiazole rings is 1. The number of benzene rings is 2. The highest BCUT2D eigenvalue weighted by Gasteiger charge is 2.48. The molecule has 10 heteroatoms. The highest BCUT2D eigenvalue weighted by molar-refractivity contribution is 9.10. The summed E-state index contributed by atoms with van der Waals surface area (Å²) in [5.41, 5.74) is 1.19. The van der Waals surface area contributed by atoms with Gasteiger partial charge in [-0.3, -0.25) is 14.5 Å². The first-order chi connectivity index (χ1) is 18.8. The first-order valence-corrected chi connectivity index (χ1v) is 13.9. The minimum Gasteiger partial charge on any atom is -0.507 e. The molecule has 2 aromatic carbocycles. The number of ketones is 1. The van der Waals surface area contributed by atoms with Crippen LogP contribution in [0, 0.1) is 6.92 Å². The van der Waals surface area contributed by atoms with Gasteiger partial charge in [0.15, 0.2) is 5.13 Å². The van der Waals surface area contributed by atoms with Crippen LogP contribution in [0.5, 0.6) is 5.75 Å². The van der Waals surface area contributed by atoms with Crippen molar-refractivity contribution >= 4 is 55.8 Å². The third-order valence-corrected chi connectivity index (χ3v) is 7.68. The summed E-state index contributed by atoms with van der Waals surface area (Å²) in [7, 11) is 0. The lowest BCUT2D eigenvalue weighted by Gasteiger charge is -2.23. The molecule has 1 fully saturated rings. The summed E-state index contributed by atoms with van der Waals surface area (Å²) in [4.78, 5) is 45.3. The molecule has 1 aliphatic heterocycles. The smallest absolute Gasteiger partial charge is 0.350 e. The Kier molecular flexibility index (Phi) is 8.98. The van der Waals surface area contributed by atoms with Crippen LogP contribution in [0.2, 0.25) is 0 Å². The van der Waals surface area contributed by atoms with Crippen LogP contribution in [0.25, 0.3) is 5.76 Å². The Morgan fingerprint density at radius 3 is 2.67 bits per heavy atom. The lowest BCUT2D eigenvalue weighted by Crippen LogP contribution is -2.29. The topological polar surface area (TPSA) is 106 Å². The number of Topliss-reactive ketones (excluding diaryl/α,β-unsaturated/α-hetero) is 1. The molecule has 39 heavy (non-hydrogen) atoms. The molecule has 1 atom stereocenters. The number of hydrogen-bond acceptors (Lipinski definition) is 8. The molecule has 0 aliphatic carbocycles. The number of nitrogens with zero attached hydrogens (tertiary/aromatic N) is 2. The van der Waals surface area contributed by atoms with E-state index < -0.39 is 23.7 Å². The molecule has 202 valence electrons. The number of anilines is 1. The number of ether oxygens (including phenoxy) is 2. The summed E-state index contributed by atoms with van der Waals surface area (Å²) in [5.74, 6) is -2.11. The van der Waals surface area contributed by atoms with Gasteiger partial charge in [0.05, 0.1) is 23.9 Å².